The van der Waals surface area contributed by atoms with Crippen LogP contribution >= 0.6 is 0 Å². The number of ether oxygens (including phenoxy) is 2. The molecule has 0 atom stereocenters. The fraction of sp³-hybridized carbons (Fsp3) is 0.188. The van der Waals surface area contributed by atoms with Gasteiger partial charge in [0.25, 0.3) is 0 Å². The predicted molar refractivity (Wildman–Crippen MR) is 75.5 cm³/mol. The molecule has 0 unspecified atom stereocenters. The Hall–Kier alpha value is -2.49. The molecule has 0 heterocycles. The molecule has 0 saturated carbocycles. The van der Waals surface area contributed by atoms with Gasteiger partial charge in [-0.2, -0.15) is 0 Å². The number of aryl methyl sites for hydroxylation is 1. The number of hydrogen-bond acceptors (Lipinski definition) is 3. The average Bonchev–Trinajstić information content (AvgIpc) is 2.45. The first-order chi connectivity index (χ1) is 9.60. The normalized spacial score (nSPS) is 10.1. The van der Waals surface area contributed by atoms with Crippen molar-refractivity contribution in [3.05, 3.63) is 59.2 Å². The fourth-order valence-corrected chi connectivity index (χ4v) is 1.89. The number of carbonyl (C=O) groups is 1. The minimum atomic E-state index is -1.04. The molecule has 0 aliphatic carbocycles. The van der Waals surface area contributed by atoms with E-state index in [4.69, 9.17) is 9.47 Å². The van der Waals surface area contributed by atoms with Gasteiger partial charge in [0.2, 0.25) is 0 Å². The molecule has 4 heteroatoms. The van der Waals surface area contributed by atoms with E-state index in [0.717, 1.165) is 11.1 Å². The largest absolute Gasteiger partial charge is 0.497 e. The van der Waals surface area contributed by atoms with E-state index in [9.17, 15) is 9.90 Å². The first-order valence-corrected chi connectivity index (χ1v) is 6.20. The van der Waals surface area contributed by atoms with Crippen molar-refractivity contribution in [1.29, 1.82) is 0 Å². The van der Waals surface area contributed by atoms with Gasteiger partial charge in [-0.05, 0) is 30.7 Å². The molecule has 0 aromatic heterocycles. The van der Waals surface area contributed by atoms with Crippen LogP contribution in [0.25, 0.3) is 0 Å². The molecule has 2 aromatic rings. The highest BCUT2D eigenvalue weighted by Gasteiger charge is 2.13. The summed E-state index contributed by atoms with van der Waals surface area (Å²) in [4.78, 5) is 11.2. The summed E-state index contributed by atoms with van der Waals surface area (Å²) in [6, 6.07) is 12.6. The zero-order valence-electron chi connectivity index (χ0n) is 11.4. The zero-order valence-corrected chi connectivity index (χ0v) is 11.4. The lowest BCUT2D eigenvalue weighted by Gasteiger charge is -2.11. The molecule has 0 fully saturated rings. The van der Waals surface area contributed by atoms with Crippen LogP contribution in [-0.2, 0) is 6.61 Å². The van der Waals surface area contributed by atoms with Crippen molar-refractivity contribution < 1.29 is 19.4 Å². The predicted octanol–water partition coefficient (Wildman–Crippen LogP) is 3.28. The van der Waals surface area contributed by atoms with Gasteiger partial charge in [-0.25, -0.2) is 4.79 Å². The molecule has 1 N–H and O–H groups in total. The number of carboxylic acid groups (broad SMARTS) is 1. The smallest absolute Gasteiger partial charge is 0.339 e. The van der Waals surface area contributed by atoms with E-state index in [2.05, 4.69) is 0 Å². The van der Waals surface area contributed by atoms with Crippen LogP contribution in [0.2, 0.25) is 0 Å². The van der Waals surface area contributed by atoms with Crippen molar-refractivity contribution in [3.8, 4) is 11.5 Å². The lowest BCUT2D eigenvalue weighted by Crippen LogP contribution is -2.04. The van der Waals surface area contributed by atoms with Crippen LogP contribution in [0.4, 0.5) is 0 Å². The molecule has 2 aromatic carbocycles. The molecule has 0 amide bonds. The van der Waals surface area contributed by atoms with Gasteiger partial charge in [0.1, 0.15) is 23.7 Å². The molecular formula is C16H16O4. The molecule has 2 rings (SSSR count). The van der Waals surface area contributed by atoms with Gasteiger partial charge in [0, 0.05) is 0 Å². The van der Waals surface area contributed by atoms with E-state index >= 15 is 0 Å². The molecule has 20 heavy (non-hydrogen) atoms. The van der Waals surface area contributed by atoms with Gasteiger partial charge in [0.05, 0.1) is 7.11 Å². The molecule has 0 spiro atoms. The molecule has 0 aliphatic heterocycles. The Morgan fingerprint density at radius 1 is 1.20 bits per heavy atom. The molecule has 0 saturated heterocycles. The van der Waals surface area contributed by atoms with Crippen molar-refractivity contribution in [2.75, 3.05) is 7.11 Å². The van der Waals surface area contributed by atoms with Crippen molar-refractivity contribution in [2.45, 2.75) is 13.5 Å². The maximum absolute atomic E-state index is 11.2. The standard InChI is InChI=1S/C16H16O4/c1-11-4-3-5-12(8-11)10-20-15-7-6-13(19-2)9-14(15)16(17)18/h3-9H,10H2,1-2H3,(H,17,18). The summed E-state index contributed by atoms with van der Waals surface area (Å²) in [5, 5.41) is 9.19. The van der Waals surface area contributed by atoms with E-state index < -0.39 is 5.97 Å². The number of aromatic carboxylic acids is 1. The van der Waals surface area contributed by atoms with Crippen LogP contribution in [0, 0.1) is 6.92 Å². The second kappa shape index (κ2) is 6.10. The summed E-state index contributed by atoms with van der Waals surface area (Å²) in [6.45, 7) is 2.33. The van der Waals surface area contributed by atoms with Crippen LogP contribution in [0.1, 0.15) is 21.5 Å². The quantitative estimate of drug-likeness (QED) is 0.907. The van der Waals surface area contributed by atoms with Gasteiger partial charge in [0.15, 0.2) is 0 Å². The Morgan fingerprint density at radius 3 is 2.65 bits per heavy atom. The maximum Gasteiger partial charge on any atom is 0.339 e. The van der Waals surface area contributed by atoms with E-state index in [0.29, 0.717) is 18.1 Å². The summed E-state index contributed by atoms with van der Waals surface area (Å²) in [5.41, 5.74) is 2.23. The molecule has 104 valence electrons. The summed E-state index contributed by atoms with van der Waals surface area (Å²) < 4.78 is 10.6. The Balaban J connectivity index is 2.18. The highest BCUT2D eigenvalue weighted by molar-refractivity contribution is 5.91. The van der Waals surface area contributed by atoms with E-state index in [1.54, 1.807) is 12.1 Å². The Bertz CT molecular complexity index is 620. The highest BCUT2D eigenvalue weighted by atomic mass is 16.5. The Kier molecular flexibility index (Phi) is 4.25. The number of benzene rings is 2. The summed E-state index contributed by atoms with van der Waals surface area (Å²) in [6.07, 6.45) is 0. The van der Waals surface area contributed by atoms with Crippen molar-refractivity contribution in [2.24, 2.45) is 0 Å². The van der Waals surface area contributed by atoms with Gasteiger partial charge >= 0.3 is 5.97 Å². The Labute approximate surface area is 117 Å². The van der Waals surface area contributed by atoms with Crippen LogP contribution < -0.4 is 9.47 Å². The monoisotopic (exact) mass is 272 g/mol. The lowest BCUT2D eigenvalue weighted by atomic mass is 10.1. The van der Waals surface area contributed by atoms with Crippen molar-refractivity contribution in [3.63, 3.8) is 0 Å². The zero-order chi connectivity index (χ0) is 14.5. The van der Waals surface area contributed by atoms with E-state index in [1.807, 2.05) is 31.2 Å². The highest BCUT2D eigenvalue weighted by Crippen LogP contribution is 2.25. The van der Waals surface area contributed by atoms with Gasteiger partial charge in [-0.15, -0.1) is 0 Å². The number of carboxylic acids is 1. The van der Waals surface area contributed by atoms with Crippen LogP contribution in [0.5, 0.6) is 11.5 Å². The number of hydrogen-bond donors (Lipinski definition) is 1. The van der Waals surface area contributed by atoms with Gasteiger partial charge in [-0.3, -0.25) is 0 Å². The minimum Gasteiger partial charge on any atom is -0.497 e. The van der Waals surface area contributed by atoms with Gasteiger partial charge < -0.3 is 14.6 Å². The van der Waals surface area contributed by atoms with Gasteiger partial charge in [-0.1, -0.05) is 29.8 Å². The average molecular weight is 272 g/mol. The third-order valence-electron chi connectivity index (χ3n) is 2.89. The van der Waals surface area contributed by atoms with E-state index in [1.165, 1.54) is 13.2 Å². The second-order valence-electron chi connectivity index (χ2n) is 4.44. The first-order valence-electron chi connectivity index (χ1n) is 6.20. The lowest BCUT2D eigenvalue weighted by molar-refractivity contribution is 0.0691. The molecule has 0 aliphatic rings. The third-order valence-corrected chi connectivity index (χ3v) is 2.89. The topological polar surface area (TPSA) is 55.8 Å². The SMILES string of the molecule is COc1ccc(OCc2cccc(C)c2)c(C(=O)O)c1. The van der Waals surface area contributed by atoms with Crippen LogP contribution in [0.15, 0.2) is 42.5 Å². The number of rotatable bonds is 5. The van der Waals surface area contributed by atoms with E-state index in [-0.39, 0.29) is 5.56 Å². The minimum absolute atomic E-state index is 0.0944. The summed E-state index contributed by atoms with van der Waals surface area (Å²) in [5.74, 6) is -0.215. The van der Waals surface area contributed by atoms with Crippen molar-refractivity contribution in [1.82, 2.24) is 0 Å². The summed E-state index contributed by atoms with van der Waals surface area (Å²) in [7, 11) is 1.49. The molecule has 4 nitrogen and oxygen atoms in total. The first kappa shape index (κ1) is 13.9. The second-order valence-corrected chi connectivity index (χ2v) is 4.44. The molecule has 0 radical (unpaired) electrons. The third kappa shape index (κ3) is 3.29. The molecule has 0 bridgehead atoms. The fourth-order valence-electron chi connectivity index (χ4n) is 1.89. The van der Waals surface area contributed by atoms with Crippen molar-refractivity contribution >= 4 is 5.97 Å². The van der Waals surface area contributed by atoms with Crippen LogP contribution in [-0.4, -0.2) is 18.2 Å². The summed E-state index contributed by atoms with van der Waals surface area (Å²) >= 11 is 0. The van der Waals surface area contributed by atoms with Crippen LogP contribution in [0.3, 0.4) is 0 Å². The maximum atomic E-state index is 11.2. The molecular weight excluding hydrogens is 256 g/mol. The Morgan fingerprint density at radius 2 is 2.00 bits per heavy atom. The number of methoxy groups -OCH3 is 1.